The Balaban J connectivity index is 1.74. The summed E-state index contributed by atoms with van der Waals surface area (Å²) in [4.78, 5) is 17.4. The van der Waals surface area contributed by atoms with Gasteiger partial charge in [-0.05, 0) is 60.9 Å². The smallest absolute Gasteiger partial charge is 0.319 e. The molecule has 3 aromatic rings. The molecule has 2 amide bonds. The second kappa shape index (κ2) is 8.13. The van der Waals surface area contributed by atoms with E-state index in [4.69, 9.17) is 4.84 Å². The zero-order valence-electron chi connectivity index (χ0n) is 16.6. The highest BCUT2D eigenvalue weighted by atomic mass is 16.6. The van der Waals surface area contributed by atoms with Gasteiger partial charge in [0.05, 0.1) is 11.3 Å². The maximum absolute atomic E-state index is 12.6. The molecule has 0 saturated heterocycles. The van der Waals surface area contributed by atoms with Crippen molar-refractivity contribution in [3.63, 3.8) is 0 Å². The number of fused-ring (bicyclic) bond motifs is 1. The van der Waals surface area contributed by atoms with E-state index in [9.17, 15) is 4.79 Å². The molecule has 2 N–H and O–H groups in total. The summed E-state index contributed by atoms with van der Waals surface area (Å²) in [6.45, 7) is 5.82. The first-order valence-corrected chi connectivity index (χ1v) is 9.16. The van der Waals surface area contributed by atoms with Gasteiger partial charge >= 0.3 is 6.03 Å². The summed E-state index contributed by atoms with van der Waals surface area (Å²) < 4.78 is 0. The van der Waals surface area contributed by atoms with Crippen LogP contribution in [0, 0.1) is 0 Å². The maximum atomic E-state index is 12.6. The van der Waals surface area contributed by atoms with Gasteiger partial charge in [-0.15, -0.1) is 0 Å². The summed E-state index contributed by atoms with van der Waals surface area (Å²) in [6.07, 6.45) is 0. The normalized spacial score (nSPS) is 11.9. The lowest BCUT2D eigenvalue weighted by Gasteiger charge is -2.27. The fourth-order valence-corrected chi connectivity index (χ4v) is 3.11. The molecule has 0 radical (unpaired) electrons. The van der Waals surface area contributed by atoms with Gasteiger partial charge in [0, 0.05) is 5.69 Å². The number of rotatable bonds is 5. The Morgan fingerprint density at radius 2 is 1.71 bits per heavy atom. The third-order valence-corrected chi connectivity index (χ3v) is 4.66. The van der Waals surface area contributed by atoms with Crippen molar-refractivity contribution in [2.24, 2.45) is 5.16 Å². The molecule has 0 spiro atoms. The molecule has 5 heteroatoms. The quantitative estimate of drug-likeness (QED) is 0.471. The molecule has 0 saturated carbocycles. The van der Waals surface area contributed by atoms with E-state index in [0.29, 0.717) is 0 Å². The van der Waals surface area contributed by atoms with Gasteiger partial charge in [0.1, 0.15) is 7.11 Å². The van der Waals surface area contributed by atoms with Gasteiger partial charge in [-0.1, -0.05) is 53.7 Å². The van der Waals surface area contributed by atoms with Crippen molar-refractivity contribution in [3.05, 3.63) is 77.9 Å². The number of benzene rings is 3. The van der Waals surface area contributed by atoms with Crippen LogP contribution in [0.3, 0.4) is 0 Å². The molecular weight excluding hydrogens is 350 g/mol. The van der Waals surface area contributed by atoms with Crippen molar-refractivity contribution in [3.8, 4) is 0 Å². The number of carbonyl (C=O) groups excluding carboxylic acids is 1. The lowest BCUT2D eigenvalue weighted by molar-refractivity contribution is 0.213. The summed E-state index contributed by atoms with van der Waals surface area (Å²) in [6, 6.07) is 21.6. The van der Waals surface area contributed by atoms with E-state index in [2.05, 4.69) is 15.8 Å². The molecule has 28 heavy (non-hydrogen) atoms. The number of urea groups is 1. The summed E-state index contributed by atoms with van der Waals surface area (Å²) in [5, 5.41) is 12.2. The Hall–Kier alpha value is -3.34. The summed E-state index contributed by atoms with van der Waals surface area (Å²) in [5.74, 6) is 0. The number of hydrogen-bond donors (Lipinski definition) is 2. The second-order valence-corrected chi connectivity index (χ2v) is 7.21. The van der Waals surface area contributed by atoms with Crippen LogP contribution in [0.5, 0.6) is 0 Å². The number of hydrogen-bond acceptors (Lipinski definition) is 3. The highest BCUT2D eigenvalue weighted by Gasteiger charge is 2.23. The van der Waals surface area contributed by atoms with Crippen molar-refractivity contribution >= 4 is 28.2 Å². The Morgan fingerprint density at radius 1 is 0.964 bits per heavy atom. The lowest BCUT2D eigenvalue weighted by atomic mass is 9.92. The molecule has 144 valence electrons. The fraction of sp³-hybridized carbons (Fsp3) is 0.217. The average Bonchev–Trinajstić information content (AvgIpc) is 2.67. The van der Waals surface area contributed by atoms with Crippen LogP contribution >= 0.6 is 0 Å². The number of nitrogens with zero attached hydrogens (tertiary/aromatic N) is 1. The Morgan fingerprint density at radius 3 is 2.46 bits per heavy atom. The molecule has 3 aromatic carbocycles. The van der Waals surface area contributed by atoms with Crippen molar-refractivity contribution in [1.82, 2.24) is 5.32 Å². The van der Waals surface area contributed by atoms with E-state index in [0.717, 1.165) is 33.3 Å². The molecule has 3 rings (SSSR count). The van der Waals surface area contributed by atoms with E-state index in [-0.39, 0.29) is 6.03 Å². The number of amides is 2. The van der Waals surface area contributed by atoms with Gasteiger partial charge in [-0.2, -0.15) is 0 Å². The van der Waals surface area contributed by atoms with E-state index in [1.165, 1.54) is 7.11 Å². The monoisotopic (exact) mass is 375 g/mol. The average molecular weight is 375 g/mol. The number of anilines is 1. The fourth-order valence-electron chi connectivity index (χ4n) is 3.11. The van der Waals surface area contributed by atoms with Crippen LogP contribution in [0.15, 0.2) is 71.9 Å². The van der Waals surface area contributed by atoms with Gasteiger partial charge in [0.15, 0.2) is 0 Å². The minimum atomic E-state index is -0.565. The van der Waals surface area contributed by atoms with E-state index < -0.39 is 5.54 Å². The molecule has 0 fully saturated rings. The molecule has 0 heterocycles. The molecule has 0 atom stereocenters. The Bertz CT molecular complexity index is 1030. The van der Waals surface area contributed by atoms with Crippen LogP contribution in [-0.2, 0) is 10.4 Å². The molecule has 0 aliphatic heterocycles. The largest absolute Gasteiger partial charge is 0.399 e. The van der Waals surface area contributed by atoms with Crippen molar-refractivity contribution in [1.29, 1.82) is 0 Å². The first kappa shape index (κ1) is 19.4. The zero-order valence-corrected chi connectivity index (χ0v) is 16.6. The Labute approximate surface area is 165 Å². The molecule has 0 unspecified atom stereocenters. The van der Waals surface area contributed by atoms with Gasteiger partial charge < -0.3 is 15.5 Å². The first-order valence-electron chi connectivity index (χ1n) is 9.16. The molecule has 0 aliphatic carbocycles. The van der Waals surface area contributed by atoms with Gasteiger partial charge in [0.25, 0.3) is 0 Å². The van der Waals surface area contributed by atoms with Crippen molar-refractivity contribution < 1.29 is 9.63 Å². The van der Waals surface area contributed by atoms with E-state index in [1.54, 1.807) is 0 Å². The topological polar surface area (TPSA) is 62.7 Å². The standard InChI is InChI=1S/C23H25N3O2/c1-16(26-28-4)18-10-7-11-20(14-18)23(2,3)25-22(27)24-21-13-12-17-8-5-6-9-19(17)15-21/h5-15H,1-4H3,(H2,24,25,27). The summed E-state index contributed by atoms with van der Waals surface area (Å²) in [5.41, 5.74) is 2.89. The molecule has 0 aliphatic rings. The second-order valence-electron chi connectivity index (χ2n) is 7.21. The van der Waals surface area contributed by atoms with Crippen molar-refractivity contribution in [2.45, 2.75) is 26.3 Å². The number of oxime groups is 1. The van der Waals surface area contributed by atoms with E-state index >= 15 is 0 Å². The van der Waals surface area contributed by atoms with Crippen LogP contribution in [0.25, 0.3) is 10.8 Å². The Kier molecular flexibility index (Phi) is 5.64. The van der Waals surface area contributed by atoms with Gasteiger partial charge in [0.2, 0.25) is 0 Å². The van der Waals surface area contributed by atoms with Crippen LogP contribution in [0.4, 0.5) is 10.5 Å². The van der Waals surface area contributed by atoms with E-state index in [1.807, 2.05) is 87.5 Å². The molecule has 5 nitrogen and oxygen atoms in total. The third kappa shape index (κ3) is 4.49. The molecular formula is C23H25N3O2. The first-order chi connectivity index (χ1) is 13.4. The predicted octanol–water partition coefficient (Wildman–Crippen LogP) is 5.27. The van der Waals surface area contributed by atoms with Crippen LogP contribution in [-0.4, -0.2) is 18.9 Å². The number of nitrogens with one attached hydrogen (secondary N) is 2. The van der Waals surface area contributed by atoms with Gasteiger partial charge in [-0.25, -0.2) is 4.79 Å². The summed E-state index contributed by atoms with van der Waals surface area (Å²) in [7, 11) is 1.52. The van der Waals surface area contributed by atoms with Crippen LogP contribution in [0.2, 0.25) is 0 Å². The van der Waals surface area contributed by atoms with Crippen LogP contribution in [0.1, 0.15) is 31.9 Å². The minimum absolute atomic E-state index is 0.257. The molecule has 0 aromatic heterocycles. The predicted molar refractivity (Wildman–Crippen MR) is 115 cm³/mol. The lowest BCUT2D eigenvalue weighted by Crippen LogP contribution is -2.43. The minimum Gasteiger partial charge on any atom is -0.399 e. The van der Waals surface area contributed by atoms with Gasteiger partial charge in [-0.3, -0.25) is 0 Å². The highest BCUT2D eigenvalue weighted by Crippen LogP contribution is 2.23. The summed E-state index contributed by atoms with van der Waals surface area (Å²) >= 11 is 0. The zero-order chi connectivity index (χ0) is 20.1. The SMILES string of the molecule is CON=C(C)c1cccc(C(C)(C)NC(=O)Nc2ccc3ccccc3c2)c1. The maximum Gasteiger partial charge on any atom is 0.319 e. The number of carbonyl (C=O) groups is 1. The molecule has 0 bridgehead atoms. The van der Waals surface area contributed by atoms with Crippen LogP contribution < -0.4 is 10.6 Å². The third-order valence-electron chi connectivity index (χ3n) is 4.66. The van der Waals surface area contributed by atoms with Crippen molar-refractivity contribution in [2.75, 3.05) is 12.4 Å². The highest BCUT2D eigenvalue weighted by molar-refractivity contribution is 5.98.